The van der Waals surface area contributed by atoms with Crippen molar-refractivity contribution in [2.24, 2.45) is 0 Å². The SMILES string of the molecule is O=C1Nc2cc(C(=O)N3CCOCC3)ccc2NC1CS(=O)(=O)Cc1ccc(F)cc1Cl. The molecule has 0 aromatic heterocycles. The summed E-state index contributed by atoms with van der Waals surface area (Å²) in [5.74, 6) is -2.14. The second-order valence-electron chi connectivity index (χ2n) is 7.64. The lowest BCUT2D eigenvalue weighted by Gasteiger charge is -2.29. The second-order valence-corrected chi connectivity index (χ2v) is 10.2. The van der Waals surface area contributed by atoms with Crippen LogP contribution in [0.5, 0.6) is 0 Å². The van der Waals surface area contributed by atoms with Crippen LogP contribution < -0.4 is 10.6 Å². The highest BCUT2D eigenvalue weighted by Gasteiger charge is 2.31. The number of halogens is 2. The molecule has 0 spiro atoms. The Hall–Kier alpha value is -2.69. The van der Waals surface area contributed by atoms with Gasteiger partial charge in [-0.3, -0.25) is 9.59 Å². The van der Waals surface area contributed by atoms with E-state index >= 15 is 0 Å². The van der Waals surface area contributed by atoms with Gasteiger partial charge in [0.2, 0.25) is 5.91 Å². The molecule has 1 saturated heterocycles. The number of rotatable bonds is 5. The lowest BCUT2D eigenvalue weighted by molar-refractivity contribution is -0.116. The standard InChI is InChI=1S/C21H21ClFN3O5S/c22-16-10-15(23)3-1-14(16)11-32(29,30)12-19-20(27)25-18-9-13(2-4-17(18)24-19)21(28)26-5-7-31-8-6-26/h1-4,9-10,19,24H,5-8,11-12H2,(H,25,27). The number of carbonyl (C=O) groups is 2. The van der Waals surface area contributed by atoms with Gasteiger partial charge >= 0.3 is 0 Å². The summed E-state index contributed by atoms with van der Waals surface area (Å²) in [7, 11) is -3.74. The number of ether oxygens (including phenoxy) is 1. The van der Waals surface area contributed by atoms with Crippen LogP contribution in [0.4, 0.5) is 15.8 Å². The molecule has 2 heterocycles. The fourth-order valence-electron chi connectivity index (χ4n) is 3.63. The first-order valence-corrected chi connectivity index (χ1v) is 12.1. The average Bonchev–Trinajstić information content (AvgIpc) is 2.76. The third-order valence-electron chi connectivity index (χ3n) is 5.28. The molecule has 11 heteroatoms. The topological polar surface area (TPSA) is 105 Å². The number of nitrogens with one attached hydrogen (secondary N) is 2. The Kier molecular flexibility index (Phi) is 6.36. The van der Waals surface area contributed by atoms with Gasteiger partial charge in [-0.25, -0.2) is 12.8 Å². The van der Waals surface area contributed by atoms with Gasteiger partial charge in [-0.1, -0.05) is 17.7 Å². The highest BCUT2D eigenvalue weighted by atomic mass is 35.5. The van der Waals surface area contributed by atoms with Crippen LogP contribution >= 0.6 is 11.6 Å². The summed E-state index contributed by atoms with van der Waals surface area (Å²) in [6, 6.07) is 7.31. The summed E-state index contributed by atoms with van der Waals surface area (Å²) in [4.78, 5) is 26.9. The maximum Gasteiger partial charge on any atom is 0.254 e. The largest absolute Gasteiger partial charge is 0.378 e. The summed E-state index contributed by atoms with van der Waals surface area (Å²) < 4.78 is 43.8. The maximum absolute atomic E-state index is 13.2. The normalized spacial score (nSPS) is 18.5. The summed E-state index contributed by atoms with van der Waals surface area (Å²) in [5.41, 5.74) is 1.60. The van der Waals surface area contributed by atoms with E-state index in [0.717, 1.165) is 12.1 Å². The number of amides is 2. The fourth-order valence-corrected chi connectivity index (χ4v) is 5.53. The molecule has 2 aliphatic heterocycles. The molecule has 2 N–H and O–H groups in total. The summed E-state index contributed by atoms with van der Waals surface area (Å²) in [6.45, 7) is 1.96. The Morgan fingerprint density at radius 2 is 1.91 bits per heavy atom. The monoisotopic (exact) mass is 481 g/mol. The number of morpholine rings is 1. The van der Waals surface area contributed by atoms with E-state index in [4.69, 9.17) is 16.3 Å². The van der Waals surface area contributed by atoms with E-state index in [1.807, 2.05) is 0 Å². The van der Waals surface area contributed by atoms with Crippen molar-refractivity contribution in [1.29, 1.82) is 0 Å². The number of fused-ring (bicyclic) bond motifs is 1. The highest BCUT2D eigenvalue weighted by molar-refractivity contribution is 7.90. The lowest BCUT2D eigenvalue weighted by atomic mass is 10.1. The van der Waals surface area contributed by atoms with Gasteiger partial charge in [-0.15, -0.1) is 0 Å². The second kappa shape index (κ2) is 9.05. The van der Waals surface area contributed by atoms with Gasteiger partial charge in [0.15, 0.2) is 9.84 Å². The summed E-state index contributed by atoms with van der Waals surface area (Å²) in [5, 5.41) is 5.62. The molecular formula is C21H21ClFN3O5S. The molecule has 1 fully saturated rings. The Balaban J connectivity index is 1.46. The van der Waals surface area contributed by atoms with Crippen LogP contribution in [0, 0.1) is 5.82 Å². The van der Waals surface area contributed by atoms with Crippen molar-refractivity contribution >= 4 is 44.6 Å². The van der Waals surface area contributed by atoms with Crippen molar-refractivity contribution < 1.29 is 27.1 Å². The van der Waals surface area contributed by atoms with Crippen molar-refractivity contribution in [1.82, 2.24) is 4.90 Å². The van der Waals surface area contributed by atoms with Gasteiger partial charge in [0.25, 0.3) is 5.91 Å². The predicted molar refractivity (Wildman–Crippen MR) is 118 cm³/mol. The Morgan fingerprint density at radius 3 is 2.62 bits per heavy atom. The minimum atomic E-state index is -3.74. The predicted octanol–water partition coefficient (Wildman–Crippen LogP) is 2.30. The molecule has 32 heavy (non-hydrogen) atoms. The van der Waals surface area contributed by atoms with E-state index in [1.54, 1.807) is 23.1 Å². The third-order valence-corrected chi connectivity index (χ3v) is 7.22. The molecule has 2 amide bonds. The zero-order valence-electron chi connectivity index (χ0n) is 16.9. The van der Waals surface area contributed by atoms with Crippen molar-refractivity contribution in [3.8, 4) is 0 Å². The molecule has 0 bridgehead atoms. The molecule has 1 atom stereocenters. The molecule has 170 valence electrons. The molecule has 2 aromatic carbocycles. The van der Waals surface area contributed by atoms with Gasteiger partial charge in [-0.2, -0.15) is 0 Å². The van der Waals surface area contributed by atoms with Crippen LogP contribution in [0.25, 0.3) is 0 Å². The van der Waals surface area contributed by atoms with Crippen LogP contribution in [-0.4, -0.2) is 63.2 Å². The molecular weight excluding hydrogens is 461 g/mol. The number of benzene rings is 2. The minimum absolute atomic E-state index is 0.0115. The van der Waals surface area contributed by atoms with Gasteiger partial charge < -0.3 is 20.3 Å². The first-order valence-electron chi connectivity index (χ1n) is 9.95. The van der Waals surface area contributed by atoms with Gasteiger partial charge in [0.05, 0.1) is 36.1 Å². The number of nitrogens with zero attached hydrogens (tertiary/aromatic N) is 1. The number of anilines is 2. The maximum atomic E-state index is 13.2. The van der Waals surface area contributed by atoms with Gasteiger partial charge in [0.1, 0.15) is 11.9 Å². The van der Waals surface area contributed by atoms with Crippen molar-refractivity contribution in [2.45, 2.75) is 11.8 Å². The minimum Gasteiger partial charge on any atom is -0.378 e. The number of hydrogen-bond acceptors (Lipinski definition) is 6. The van der Waals surface area contributed by atoms with E-state index in [-0.39, 0.29) is 16.5 Å². The molecule has 1 unspecified atom stereocenters. The Morgan fingerprint density at radius 1 is 1.16 bits per heavy atom. The van der Waals surface area contributed by atoms with E-state index in [9.17, 15) is 22.4 Å². The molecule has 0 saturated carbocycles. The van der Waals surface area contributed by atoms with Crippen molar-refractivity contribution in [2.75, 3.05) is 42.7 Å². The zero-order chi connectivity index (χ0) is 22.9. The average molecular weight is 482 g/mol. The molecule has 4 rings (SSSR count). The summed E-state index contributed by atoms with van der Waals surface area (Å²) >= 11 is 5.93. The Bertz CT molecular complexity index is 1170. The van der Waals surface area contributed by atoms with E-state index in [2.05, 4.69) is 10.6 Å². The van der Waals surface area contributed by atoms with Crippen LogP contribution in [0.15, 0.2) is 36.4 Å². The van der Waals surface area contributed by atoms with E-state index in [1.165, 1.54) is 6.07 Å². The van der Waals surface area contributed by atoms with E-state index < -0.39 is 39.1 Å². The summed E-state index contributed by atoms with van der Waals surface area (Å²) in [6.07, 6.45) is 0. The quantitative estimate of drug-likeness (QED) is 0.679. The lowest BCUT2D eigenvalue weighted by Crippen LogP contribution is -2.44. The molecule has 8 nitrogen and oxygen atoms in total. The molecule has 2 aliphatic rings. The number of hydrogen-bond donors (Lipinski definition) is 2. The Labute approximate surface area is 189 Å². The van der Waals surface area contributed by atoms with E-state index in [0.29, 0.717) is 43.2 Å². The van der Waals surface area contributed by atoms with Crippen LogP contribution in [0.3, 0.4) is 0 Å². The molecule has 0 radical (unpaired) electrons. The zero-order valence-corrected chi connectivity index (χ0v) is 18.5. The van der Waals surface area contributed by atoms with Crippen LogP contribution in [0.2, 0.25) is 5.02 Å². The third kappa shape index (κ3) is 5.03. The highest BCUT2D eigenvalue weighted by Crippen LogP contribution is 2.29. The number of carbonyl (C=O) groups excluding carboxylic acids is 2. The van der Waals surface area contributed by atoms with Crippen molar-refractivity contribution in [3.63, 3.8) is 0 Å². The first kappa shape index (κ1) is 22.5. The first-order chi connectivity index (χ1) is 15.2. The van der Waals surface area contributed by atoms with Crippen LogP contribution in [0.1, 0.15) is 15.9 Å². The smallest absolute Gasteiger partial charge is 0.254 e. The molecule has 0 aliphatic carbocycles. The fraction of sp³-hybridized carbons (Fsp3) is 0.333. The number of sulfone groups is 1. The van der Waals surface area contributed by atoms with Gasteiger partial charge in [0, 0.05) is 23.7 Å². The van der Waals surface area contributed by atoms with Gasteiger partial charge in [-0.05, 0) is 35.9 Å². The van der Waals surface area contributed by atoms with Crippen molar-refractivity contribution in [3.05, 3.63) is 58.4 Å². The van der Waals surface area contributed by atoms with Crippen LogP contribution in [-0.2, 0) is 25.1 Å². The molecule has 2 aromatic rings.